The van der Waals surface area contributed by atoms with Crippen molar-refractivity contribution in [1.29, 1.82) is 0 Å². The van der Waals surface area contributed by atoms with Gasteiger partial charge in [0.2, 0.25) is 0 Å². The molecule has 0 bridgehead atoms. The first-order valence-electron chi connectivity index (χ1n) is 7.77. The van der Waals surface area contributed by atoms with Crippen LogP contribution in [0, 0.1) is 0 Å². The van der Waals surface area contributed by atoms with Crippen LogP contribution < -0.4 is 9.05 Å². The van der Waals surface area contributed by atoms with Crippen molar-refractivity contribution in [3.8, 4) is 11.5 Å². The van der Waals surface area contributed by atoms with Crippen LogP contribution in [-0.4, -0.2) is 0 Å². The van der Waals surface area contributed by atoms with Gasteiger partial charge in [0, 0.05) is 22.6 Å². The molecular weight excluding hydrogens is 371 g/mol. The molecule has 25 heavy (non-hydrogen) atoms. The number of halogens is 1. The highest BCUT2D eigenvalue weighted by molar-refractivity contribution is 8.22. The highest BCUT2D eigenvalue weighted by Gasteiger charge is 2.21. The molecule has 0 unspecified atom stereocenters. The summed E-state index contributed by atoms with van der Waals surface area (Å²) >= 11 is 12.0. The third-order valence-corrected chi connectivity index (χ3v) is 5.60. The average Bonchev–Trinajstić information content (AvgIpc) is 2.62. The van der Waals surface area contributed by atoms with Crippen molar-refractivity contribution in [3.63, 3.8) is 0 Å². The van der Waals surface area contributed by atoms with Crippen LogP contribution in [0.25, 0.3) is 21.5 Å². The molecule has 0 spiro atoms. The van der Waals surface area contributed by atoms with Crippen LogP contribution in [-0.2, 0) is 11.8 Å². The predicted molar refractivity (Wildman–Crippen MR) is 109 cm³/mol. The summed E-state index contributed by atoms with van der Waals surface area (Å²) in [5.41, 5.74) is 0. The third kappa shape index (κ3) is 3.50. The Bertz CT molecular complexity index is 1020. The molecule has 4 rings (SSSR count). The van der Waals surface area contributed by atoms with E-state index in [0.717, 1.165) is 21.5 Å². The maximum Gasteiger partial charge on any atom is 0.384 e. The zero-order valence-electron chi connectivity index (χ0n) is 13.1. The van der Waals surface area contributed by atoms with Crippen molar-refractivity contribution >= 4 is 50.4 Å². The van der Waals surface area contributed by atoms with E-state index in [1.54, 1.807) is 0 Å². The summed E-state index contributed by atoms with van der Waals surface area (Å²) in [5, 5.41) is 4.05. The zero-order valence-corrected chi connectivity index (χ0v) is 15.6. The normalized spacial score (nSPS) is 11.6. The minimum atomic E-state index is -3.04. The van der Waals surface area contributed by atoms with Crippen molar-refractivity contribution in [3.05, 3.63) is 84.9 Å². The molecule has 0 atom stereocenters. The fraction of sp³-hybridized carbons (Fsp3) is 0. The quantitative estimate of drug-likeness (QED) is 0.356. The third-order valence-electron chi connectivity index (χ3n) is 3.91. The first-order valence-corrected chi connectivity index (χ1v) is 11.3. The Morgan fingerprint density at radius 1 is 0.600 bits per heavy atom. The lowest BCUT2D eigenvalue weighted by molar-refractivity contribution is 0.511. The molecule has 0 heterocycles. The van der Waals surface area contributed by atoms with E-state index < -0.39 is 5.84 Å². The summed E-state index contributed by atoms with van der Waals surface area (Å²) in [5.74, 6) is -1.77. The molecule has 0 aliphatic heterocycles. The second kappa shape index (κ2) is 6.68. The average molecular weight is 385 g/mol. The van der Waals surface area contributed by atoms with Gasteiger partial charge in [0.15, 0.2) is 0 Å². The summed E-state index contributed by atoms with van der Waals surface area (Å²) in [6.45, 7) is 0. The summed E-state index contributed by atoms with van der Waals surface area (Å²) in [7, 11) is 0. The summed E-state index contributed by atoms with van der Waals surface area (Å²) in [6, 6.07) is 27.5. The molecule has 0 aliphatic carbocycles. The van der Waals surface area contributed by atoms with E-state index in [1.165, 1.54) is 0 Å². The van der Waals surface area contributed by atoms with Crippen molar-refractivity contribution in [2.75, 3.05) is 0 Å². The maximum atomic E-state index is 6.49. The predicted octanol–water partition coefficient (Wildman–Crippen LogP) is 6.91. The molecule has 0 aromatic heterocycles. The Balaban J connectivity index is 1.69. The molecule has 2 nitrogen and oxygen atoms in total. The molecule has 0 saturated carbocycles. The van der Waals surface area contributed by atoms with Gasteiger partial charge in [-0.05, 0) is 34.1 Å². The van der Waals surface area contributed by atoms with Crippen LogP contribution in [0.2, 0.25) is 0 Å². The van der Waals surface area contributed by atoms with Gasteiger partial charge in [0.05, 0.1) is 0 Å². The van der Waals surface area contributed by atoms with Crippen molar-refractivity contribution in [2.45, 2.75) is 0 Å². The molecule has 0 fully saturated rings. The summed E-state index contributed by atoms with van der Waals surface area (Å²) < 4.78 is 11.9. The van der Waals surface area contributed by atoms with Gasteiger partial charge in [-0.3, -0.25) is 0 Å². The summed E-state index contributed by atoms with van der Waals surface area (Å²) in [6.07, 6.45) is 0. The monoisotopic (exact) mass is 384 g/mol. The SMILES string of the molecule is S=P(Cl)(Oc1cccc2ccccc12)Oc1cccc2ccccc12. The fourth-order valence-electron chi connectivity index (χ4n) is 2.80. The lowest BCUT2D eigenvalue weighted by Crippen LogP contribution is -1.96. The van der Waals surface area contributed by atoms with Gasteiger partial charge in [-0.25, -0.2) is 0 Å². The molecule has 0 aliphatic rings. The minimum Gasteiger partial charge on any atom is -0.424 e. The van der Waals surface area contributed by atoms with Crippen LogP contribution in [0.3, 0.4) is 0 Å². The van der Waals surface area contributed by atoms with Gasteiger partial charge in [0.1, 0.15) is 11.5 Å². The number of hydrogen-bond acceptors (Lipinski definition) is 3. The van der Waals surface area contributed by atoms with E-state index in [2.05, 4.69) is 0 Å². The van der Waals surface area contributed by atoms with E-state index in [1.807, 2.05) is 84.9 Å². The largest absolute Gasteiger partial charge is 0.424 e. The van der Waals surface area contributed by atoms with Gasteiger partial charge in [-0.15, -0.1) is 0 Å². The van der Waals surface area contributed by atoms with Crippen molar-refractivity contribution < 1.29 is 9.05 Å². The molecule has 5 heteroatoms. The molecule has 0 N–H and O–H groups in total. The van der Waals surface area contributed by atoms with E-state index in [9.17, 15) is 0 Å². The molecule has 0 amide bonds. The Morgan fingerprint density at radius 3 is 1.48 bits per heavy atom. The molecule has 0 radical (unpaired) electrons. The Kier molecular flexibility index (Phi) is 4.39. The topological polar surface area (TPSA) is 18.5 Å². The fourth-order valence-corrected chi connectivity index (χ4v) is 4.56. The van der Waals surface area contributed by atoms with Gasteiger partial charge in [-0.2, -0.15) is 0 Å². The van der Waals surface area contributed by atoms with Crippen molar-refractivity contribution in [1.82, 2.24) is 0 Å². The van der Waals surface area contributed by atoms with Crippen LogP contribution in [0.4, 0.5) is 0 Å². The van der Waals surface area contributed by atoms with Crippen LogP contribution in [0.5, 0.6) is 11.5 Å². The van der Waals surface area contributed by atoms with Gasteiger partial charge in [0.25, 0.3) is 0 Å². The van der Waals surface area contributed by atoms with Gasteiger partial charge in [-0.1, -0.05) is 72.8 Å². The van der Waals surface area contributed by atoms with Gasteiger partial charge >= 0.3 is 5.84 Å². The van der Waals surface area contributed by atoms with E-state index in [4.69, 9.17) is 32.1 Å². The highest BCUT2D eigenvalue weighted by atomic mass is 35.7. The standard InChI is InChI=1S/C20H14ClO2PS/c21-24(25,22-19-13-5-9-15-7-1-3-11-17(15)19)23-20-14-6-10-16-8-2-4-12-18(16)20/h1-14H. The Labute approximate surface area is 155 Å². The zero-order chi connectivity index (χ0) is 17.3. The van der Waals surface area contributed by atoms with E-state index in [0.29, 0.717) is 11.5 Å². The number of hydrogen-bond donors (Lipinski definition) is 0. The van der Waals surface area contributed by atoms with E-state index in [-0.39, 0.29) is 0 Å². The highest BCUT2D eigenvalue weighted by Crippen LogP contribution is 2.55. The molecular formula is C20H14ClO2PS. The smallest absolute Gasteiger partial charge is 0.384 e. The second-order valence-electron chi connectivity index (χ2n) is 5.57. The molecule has 4 aromatic carbocycles. The van der Waals surface area contributed by atoms with E-state index >= 15 is 0 Å². The number of fused-ring (bicyclic) bond motifs is 2. The lowest BCUT2D eigenvalue weighted by Gasteiger charge is -2.19. The van der Waals surface area contributed by atoms with Crippen molar-refractivity contribution in [2.24, 2.45) is 0 Å². The van der Waals surface area contributed by atoms with Crippen LogP contribution in [0.1, 0.15) is 0 Å². The second-order valence-corrected chi connectivity index (χ2v) is 10.2. The molecule has 0 saturated heterocycles. The van der Waals surface area contributed by atoms with Gasteiger partial charge < -0.3 is 9.05 Å². The molecule has 4 aromatic rings. The summed E-state index contributed by atoms with van der Waals surface area (Å²) in [4.78, 5) is 0. The Hall–Kier alpha value is -2.06. The first-order chi connectivity index (χ1) is 12.1. The lowest BCUT2D eigenvalue weighted by atomic mass is 10.1. The van der Waals surface area contributed by atoms with Crippen LogP contribution in [0.15, 0.2) is 84.9 Å². The number of rotatable bonds is 4. The maximum absolute atomic E-state index is 6.49. The number of benzene rings is 4. The molecule has 124 valence electrons. The Morgan fingerprint density at radius 2 is 1.00 bits per heavy atom. The van der Waals surface area contributed by atoms with Crippen LogP contribution >= 0.6 is 17.1 Å². The first kappa shape index (κ1) is 16.4. The minimum absolute atomic E-state index is 0.636.